The molecule has 2 aromatic carbocycles. The number of benzene rings is 2. The number of carbonyl (C=O) groups excluding carboxylic acids is 1. The highest BCUT2D eigenvalue weighted by atomic mass is 32.2. The van der Waals surface area contributed by atoms with Gasteiger partial charge in [-0.1, -0.05) is 44.2 Å². The van der Waals surface area contributed by atoms with Gasteiger partial charge in [-0.15, -0.1) is 0 Å². The highest BCUT2D eigenvalue weighted by molar-refractivity contribution is 7.90. The van der Waals surface area contributed by atoms with Crippen LogP contribution in [0.25, 0.3) is 11.1 Å². The molecule has 1 aromatic heterocycles. The van der Waals surface area contributed by atoms with Crippen LogP contribution in [-0.2, 0) is 16.4 Å². The molecule has 186 valence electrons. The molecule has 0 aliphatic rings. The number of hydrogen-bond acceptors (Lipinski definition) is 4. The molecule has 1 amide bonds. The molecule has 0 spiro atoms. The maximum Gasteiger partial charge on any atom is 0.263 e. The molecule has 6 nitrogen and oxygen atoms in total. The van der Waals surface area contributed by atoms with Crippen LogP contribution in [0, 0.1) is 13.8 Å². The fourth-order valence-corrected chi connectivity index (χ4v) is 5.05. The number of halogens is 2. The van der Waals surface area contributed by atoms with E-state index in [0.29, 0.717) is 28.1 Å². The van der Waals surface area contributed by atoms with Crippen molar-refractivity contribution in [1.29, 1.82) is 0 Å². The van der Waals surface area contributed by atoms with Gasteiger partial charge >= 0.3 is 0 Å². The fourth-order valence-electron chi connectivity index (χ4n) is 4.09. The predicted molar refractivity (Wildman–Crippen MR) is 132 cm³/mol. The van der Waals surface area contributed by atoms with E-state index in [4.69, 9.17) is 0 Å². The summed E-state index contributed by atoms with van der Waals surface area (Å²) in [6.45, 7) is 7.09. The van der Waals surface area contributed by atoms with Crippen molar-refractivity contribution >= 4 is 15.7 Å². The predicted octanol–water partition coefficient (Wildman–Crippen LogP) is 5.05. The zero-order chi connectivity index (χ0) is 26.1. The molecule has 1 heterocycles. The average molecular weight is 503 g/mol. The zero-order valence-electron chi connectivity index (χ0n) is 20.2. The molecular formula is C26H28F2N2O4S. The maximum absolute atomic E-state index is 13.5. The van der Waals surface area contributed by atoms with Gasteiger partial charge in [0.2, 0.25) is 5.43 Å². The molecule has 0 atom stereocenters. The third kappa shape index (κ3) is 5.67. The number of alkyl halides is 2. The first-order valence-corrected chi connectivity index (χ1v) is 12.9. The lowest BCUT2D eigenvalue weighted by atomic mass is 9.95. The second kappa shape index (κ2) is 10.1. The Hall–Kier alpha value is -3.33. The number of carbonyl (C=O) groups is 1. The number of H-pyrrole nitrogens is 1. The summed E-state index contributed by atoms with van der Waals surface area (Å²) in [5.41, 5.74) is 1.78. The van der Waals surface area contributed by atoms with Crippen LogP contribution in [0.4, 0.5) is 8.78 Å². The summed E-state index contributed by atoms with van der Waals surface area (Å²) in [6, 6.07) is 10.3. The molecule has 3 rings (SSSR count). The number of aromatic nitrogens is 1. The quantitative estimate of drug-likeness (QED) is 0.472. The largest absolute Gasteiger partial charge is 0.361 e. The summed E-state index contributed by atoms with van der Waals surface area (Å²) < 4.78 is 50.2. The van der Waals surface area contributed by atoms with Crippen LogP contribution < -0.4 is 10.7 Å². The first-order valence-electron chi connectivity index (χ1n) is 11.0. The van der Waals surface area contributed by atoms with Crippen molar-refractivity contribution in [3.05, 3.63) is 86.3 Å². The van der Waals surface area contributed by atoms with Crippen molar-refractivity contribution in [2.45, 2.75) is 51.5 Å². The Labute approximate surface area is 203 Å². The van der Waals surface area contributed by atoms with Crippen molar-refractivity contribution in [1.82, 2.24) is 10.3 Å². The van der Waals surface area contributed by atoms with Gasteiger partial charge in [-0.2, -0.15) is 0 Å². The van der Waals surface area contributed by atoms with Crippen molar-refractivity contribution in [2.75, 3.05) is 6.26 Å². The number of aryl methyl sites for hydroxylation is 2. The minimum Gasteiger partial charge on any atom is -0.361 e. The molecule has 0 saturated heterocycles. The molecule has 0 aliphatic heterocycles. The van der Waals surface area contributed by atoms with Crippen LogP contribution in [0.5, 0.6) is 0 Å². The Bertz CT molecular complexity index is 1440. The summed E-state index contributed by atoms with van der Waals surface area (Å²) in [6.07, 6.45) is -1.56. The standard InChI is InChI=1S/C26H28F2N2O4S/c1-14(2)23-22(26(32)29-13-17-9-10-20(15(3)11-17)35(5,33)34)24(31)21(16(4)30-23)18-7-6-8-19(12-18)25(27)28/h6-12,14,25H,13H2,1-5H3,(H,29,32)(H,30,31). The van der Waals surface area contributed by atoms with E-state index in [0.717, 1.165) is 6.26 Å². The van der Waals surface area contributed by atoms with Gasteiger partial charge in [-0.25, -0.2) is 17.2 Å². The van der Waals surface area contributed by atoms with Crippen LogP contribution in [0.1, 0.15) is 64.6 Å². The lowest BCUT2D eigenvalue weighted by Crippen LogP contribution is -2.32. The minimum atomic E-state index is -3.37. The van der Waals surface area contributed by atoms with E-state index < -0.39 is 27.6 Å². The fraction of sp³-hybridized carbons (Fsp3) is 0.308. The zero-order valence-corrected chi connectivity index (χ0v) is 21.0. The minimum absolute atomic E-state index is 0.0742. The molecule has 0 bridgehead atoms. The summed E-state index contributed by atoms with van der Waals surface area (Å²) in [4.78, 5) is 30.1. The van der Waals surface area contributed by atoms with E-state index in [-0.39, 0.29) is 34.0 Å². The van der Waals surface area contributed by atoms with Gasteiger partial charge in [0.1, 0.15) is 5.56 Å². The van der Waals surface area contributed by atoms with Crippen LogP contribution in [0.2, 0.25) is 0 Å². The molecule has 0 fully saturated rings. The SMILES string of the molecule is Cc1cc(CNC(=O)c2c(C(C)C)[nH]c(C)c(-c3cccc(C(F)F)c3)c2=O)ccc1S(C)(=O)=O. The Morgan fingerprint density at radius 3 is 2.34 bits per heavy atom. The highest BCUT2D eigenvalue weighted by Gasteiger charge is 2.24. The molecular weight excluding hydrogens is 474 g/mol. The second-order valence-corrected chi connectivity index (χ2v) is 10.9. The van der Waals surface area contributed by atoms with E-state index >= 15 is 0 Å². The number of nitrogens with one attached hydrogen (secondary N) is 2. The second-order valence-electron chi connectivity index (χ2n) is 8.88. The summed E-state index contributed by atoms with van der Waals surface area (Å²) in [7, 11) is -3.37. The highest BCUT2D eigenvalue weighted by Crippen LogP contribution is 2.27. The number of rotatable bonds is 7. The van der Waals surface area contributed by atoms with Gasteiger partial charge in [0.05, 0.1) is 4.90 Å². The van der Waals surface area contributed by atoms with Gasteiger partial charge in [-0.05, 0) is 48.6 Å². The van der Waals surface area contributed by atoms with Crippen molar-refractivity contribution in [3.63, 3.8) is 0 Å². The first kappa shape index (κ1) is 26.3. The number of pyridine rings is 1. The first-order chi connectivity index (χ1) is 16.3. The number of aromatic amines is 1. The third-order valence-corrected chi connectivity index (χ3v) is 7.00. The molecule has 35 heavy (non-hydrogen) atoms. The van der Waals surface area contributed by atoms with Crippen LogP contribution in [-0.4, -0.2) is 25.6 Å². The maximum atomic E-state index is 13.5. The van der Waals surface area contributed by atoms with E-state index in [2.05, 4.69) is 10.3 Å². The molecule has 0 saturated carbocycles. The average Bonchev–Trinajstić information content (AvgIpc) is 2.76. The van der Waals surface area contributed by atoms with Crippen molar-refractivity contribution in [2.24, 2.45) is 0 Å². The Balaban J connectivity index is 2.01. The Kier molecular flexibility index (Phi) is 7.59. The molecule has 0 unspecified atom stereocenters. The van der Waals surface area contributed by atoms with Crippen molar-refractivity contribution < 1.29 is 22.0 Å². The summed E-state index contributed by atoms with van der Waals surface area (Å²) in [5.74, 6) is -0.786. The molecule has 0 radical (unpaired) electrons. The lowest BCUT2D eigenvalue weighted by molar-refractivity contribution is 0.0948. The molecule has 0 aliphatic carbocycles. The van der Waals surface area contributed by atoms with E-state index in [1.807, 2.05) is 13.8 Å². The number of amides is 1. The summed E-state index contributed by atoms with van der Waals surface area (Å²) in [5, 5.41) is 2.74. The van der Waals surface area contributed by atoms with Crippen molar-refractivity contribution in [3.8, 4) is 11.1 Å². The van der Waals surface area contributed by atoms with Gasteiger partial charge in [0.25, 0.3) is 12.3 Å². The molecule has 9 heteroatoms. The van der Waals surface area contributed by atoms with Crippen LogP contribution in [0.3, 0.4) is 0 Å². The van der Waals surface area contributed by atoms with E-state index in [1.165, 1.54) is 24.3 Å². The Morgan fingerprint density at radius 1 is 1.09 bits per heavy atom. The number of sulfone groups is 1. The van der Waals surface area contributed by atoms with Crippen LogP contribution in [0.15, 0.2) is 52.2 Å². The molecule has 2 N–H and O–H groups in total. The van der Waals surface area contributed by atoms with Gasteiger partial charge in [0, 0.05) is 35.3 Å². The third-order valence-electron chi connectivity index (χ3n) is 5.74. The monoisotopic (exact) mass is 502 g/mol. The summed E-state index contributed by atoms with van der Waals surface area (Å²) >= 11 is 0. The van der Waals surface area contributed by atoms with E-state index in [9.17, 15) is 26.8 Å². The Morgan fingerprint density at radius 2 is 1.77 bits per heavy atom. The van der Waals surface area contributed by atoms with Gasteiger partial charge < -0.3 is 10.3 Å². The van der Waals surface area contributed by atoms with E-state index in [1.54, 1.807) is 32.0 Å². The topological polar surface area (TPSA) is 96.1 Å². The lowest BCUT2D eigenvalue weighted by Gasteiger charge is -2.17. The normalized spacial score (nSPS) is 11.8. The van der Waals surface area contributed by atoms with Gasteiger partial charge in [-0.3, -0.25) is 9.59 Å². The van der Waals surface area contributed by atoms with Gasteiger partial charge in [0.15, 0.2) is 9.84 Å². The smallest absolute Gasteiger partial charge is 0.263 e. The molecule has 3 aromatic rings. The van der Waals surface area contributed by atoms with Crippen LogP contribution >= 0.6 is 0 Å². The number of hydrogen-bond donors (Lipinski definition) is 2.